The molecule has 1 atom stereocenters. The van der Waals surface area contributed by atoms with E-state index in [4.69, 9.17) is 0 Å². The number of rotatable bonds is 5. The van der Waals surface area contributed by atoms with Crippen molar-refractivity contribution in [2.75, 3.05) is 24.6 Å². The first kappa shape index (κ1) is 13.8. The fraction of sp³-hybridized carbons (Fsp3) is 0.917. The highest BCUT2D eigenvalue weighted by Gasteiger charge is 2.30. The second-order valence-electron chi connectivity index (χ2n) is 4.82. The van der Waals surface area contributed by atoms with Crippen LogP contribution < -0.4 is 0 Å². The van der Waals surface area contributed by atoms with E-state index in [1.807, 2.05) is 11.8 Å². The number of hydrogen-bond donors (Lipinski definition) is 1. The van der Waals surface area contributed by atoms with Crippen molar-refractivity contribution in [3.05, 3.63) is 0 Å². The average molecular weight is 245 g/mol. The molecule has 1 heterocycles. The summed E-state index contributed by atoms with van der Waals surface area (Å²) in [4.78, 5) is 13.7. The van der Waals surface area contributed by atoms with E-state index in [0.717, 1.165) is 25.1 Å². The lowest BCUT2D eigenvalue weighted by Crippen LogP contribution is -2.49. The maximum atomic E-state index is 11.8. The van der Waals surface area contributed by atoms with Crippen LogP contribution in [0.2, 0.25) is 0 Å². The Kier molecular flexibility index (Phi) is 5.62. The van der Waals surface area contributed by atoms with Crippen molar-refractivity contribution in [3.8, 4) is 0 Å². The molecule has 1 unspecified atom stereocenters. The number of carbonyl (C=O) groups is 1. The number of carbonyl (C=O) groups excluding carboxylic acids is 1. The van der Waals surface area contributed by atoms with Crippen LogP contribution in [0.25, 0.3) is 0 Å². The molecule has 1 fully saturated rings. The van der Waals surface area contributed by atoms with Gasteiger partial charge in [-0.3, -0.25) is 4.79 Å². The number of unbranched alkanes of at least 4 members (excludes halogenated alkanes) is 1. The van der Waals surface area contributed by atoms with Crippen LogP contribution in [0.3, 0.4) is 0 Å². The van der Waals surface area contributed by atoms with Gasteiger partial charge < -0.3 is 10.0 Å². The van der Waals surface area contributed by atoms with Gasteiger partial charge in [-0.05, 0) is 31.9 Å². The van der Waals surface area contributed by atoms with Crippen LogP contribution in [-0.2, 0) is 4.79 Å². The highest BCUT2D eigenvalue weighted by Crippen LogP contribution is 2.21. The summed E-state index contributed by atoms with van der Waals surface area (Å²) in [6, 6.07) is 0. The molecule has 0 saturated carbocycles. The predicted molar refractivity (Wildman–Crippen MR) is 68.7 cm³/mol. The minimum Gasteiger partial charge on any atom is -0.388 e. The lowest BCUT2D eigenvalue weighted by Gasteiger charge is -2.36. The normalized spacial score (nSPS) is 25.8. The summed E-state index contributed by atoms with van der Waals surface area (Å²) in [7, 11) is 0. The van der Waals surface area contributed by atoms with Gasteiger partial charge in [-0.15, -0.1) is 0 Å². The van der Waals surface area contributed by atoms with Gasteiger partial charge in [0.15, 0.2) is 0 Å². The maximum absolute atomic E-state index is 11.8. The molecule has 1 N–H and O–H groups in total. The van der Waals surface area contributed by atoms with E-state index in [9.17, 15) is 9.90 Å². The summed E-state index contributed by atoms with van der Waals surface area (Å²) in [5.41, 5.74) is -0.679. The van der Waals surface area contributed by atoms with Crippen LogP contribution in [0.1, 0.15) is 39.5 Å². The average Bonchev–Trinajstić information content (AvgIpc) is 2.22. The maximum Gasteiger partial charge on any atom is 0.232 e. The lowest BCUT2D eigenvalue weighted by molar-refractivity contribution is -0.134. The van der Waals surface area contributed by atoms with Crippen LogP contribution in [0.4, 0.5) is 0 Å². The van der Waals surface area contributed by atoms with Gasteiger partial charge in [0.25, 0.3) is 0 Å². The second-order valence-corrected chi connectivity index (χ2v) is 5.93. The van der Waals surface area contributed by atoms with Gasteiger partial charge in [0.05, 0.1) is 11.4 Å². The minimum absolute atomic E-state index is 0.182. The first-order chi connectivity index (χ1) is 7.55. The van der Waals surface area contributed by atoms with Crippen LogP contribution >= 0.6 is 11.8 Å². The highest BCUT2D eigenvalue weighted by molar-refractivity contribution is 7.99. The van der Waals surface area contributed by atoms with Gasteiger partial charge in [-0.2, -0.15) is 11.8 Å². The van der Waals surface area contributed by atoms with Crippen LogP contribution in [-0.4, -0.2) is 46.1 Å². The summed E-state index contributed by atoms with van der Waals surface area (Å²) >= 11 is 1.71. The molecule has 1 aliphatic rings. The molecule has 0 aromatic rings. The molecule has 1 aliphatic heterocycles. The number of thioether (sulfide) groups is 1. The van der Waals surface area contributed by atoms with Gasteiger partial charge in [-0.1, -0.05) is 13.3 Å². The molecule has 1 saturated heterocycles. The highest BCUT2D eigenvalue weighted by atomic mass is 32.2. The van der Waals surface area contributed by atoms with E-state index >= 15 is 0 Å². The van der Waals surface area contributed by atoms with Crippen molar-refractivity contribution < 1.29 is 9.90 Å². The Labute approximate surface area is 103 Å². The summed E-state index contributed by atoms with van der Waals surface area (Å²) in [5, 5.41) is 9.90. The number of likely N-dealkylation sites (tertiary alicyclic amines) is 1. The molecule has 0 bridgehead atoms. The third kappa shape index (κ3) is 4.74. The molecular weight excluding hydrogens is 222 g/mol. The SMILES string of the molecule is CCCCSCC(=O)N1CCCC(C)(O)C1. The van der Waals surface area contributed by atoms with E-state index in [1.54, 1.807) is 11.8 Å². The Bertz CT molecular complexity index is 231. The third-order valence-corrected chi connectivity index (χ3v) is 3.92. The van der Waals surface area contributed by atoms with E-state index < -0.39 is 5.60 Å². The number of amides is 1. The van der Waals surface area contributed by atoms with E-state index in [0.29, 0.717) is 12.3 Å². The molecule has 0 aromatic carbocycles. The molecule has 3 nitrogen and oxygen atoms in total. The number of hydrogen-bond acceptors (Lipinski definition) is 3. The number of nitrogens with zero attached hydrogens (tertiary/aromatic N) is 1. The standard InChI is InChI=1S/C12H23NO2S/c1-3-4-8-16-9-11(14)13-7-5-6-12(2,15)10-13/h15H,3-10H2,1-2H3. The zero-order valence-corrected chi connectivity index (χ0v) is 11.2. The van der Waals surface area contributed by atoms with Crippen LogP contribution in [0.15, 0.2) is 0 Å². The summed E-state index contributed by atoms with van der Waals surface area (Å²) in [6.45, 7) is 5.28. The van der Waals surface area contributed by atoms with Crippen molar-refractivity contribution in [1.82, 2.24) is 4.90 Å². The Morgan fingerprint density at radius 2 is 2.31 bits per heavy atom. The zero-order chi connectivity index (χ0) is 12.0. The monoisotopic (exact) mass is 245 g/mol. The quantitative estimate of drug-likeness (QED) is 0.752. The largest absolute Gasteiger partial charge is 0.388 e. The molecule has 1 rings (SSSR count). The minimum atomic E-state index is -0.679. The molecule has 4 heteroatoms. The summed E-state index contributed by atoms with van der Waals surface area (Å²) in [5.74, 6) is 1.81. The van der Waals surface area contributed by atoms with Gasteiger partial charge in [-0.25, -0.2) is 0 Å². The Morgan fingerprint density at radius 1 is 1.56 bits per heavy atom. The molecule has 16 heavy (non-hydrogen) atoms. The van der Waals surface area contributed by atoms with Crippen molar-refractivity contribution in [3.63, 3.8) is 0 Å². The third-order valence-electron chi connectivity index (χ3n) is 2.90. The first-order valence-corrected chi connectivity index (χ1v) is 7.28. The first-order valence-electron chi connectivity index (χ1n) is 6.13. The molecule has 1 amide bonds. The molecule has 0 spiro atoms. The molecule has 0 aromatic heterocycles. The molecule has 0 aliphatic carbocycles. The van der Waals surface area contributed by atoms with Crippen molar-refractivity contribution >= 4 is 17.7 Å². The van der Waals surface area contributed by atoms with Crippen LogP contribution in [0.5, 0.6) is 0 Å². The second kappa shape index (κ2) is 6.50. The van der Waals surface area contributed by atoms with Gasteiger partial charge >= 0.3 is 0 Å². The van der Waals surface area contributed by atoms with Gasteiger partial charge in [0.2, 0.25) is 5.91 Å². The molecule has 94 valence electrons. The molecule has 0 radical (unpaired) electrons. The van der Waals surface area contributed by atoms with Gasteiger partial charge in [0.1, 0.15) is 0 Å². The van der Waals surface area contributed by atoms with Crippen molar-refractivity contribution in [2.24, 2.45) is 0 Å². The Hall–Kier alpha value is -0.220. The van der Waals surface area contributed by atoms with Gasteiger partial charge in [0, 0.05) is 13.1 Å². The zero-order valence-electron chi connectivity index (χ0n) is 10.4. The summed E-state index contributed by atoms with van der Waals surface area (Å²) in [6.07, 6.45) is 4.08. The van der Waals surface area contributed by atoms with E-state index in [1.165, 1.54) is 12.8 Å². The lowest BCUT2D eigenvalue weighted by atomic mass is 9.95. The van der Waals surface area contributed by atoms with Crippen molar-refractivity contribution in [1.29, 1.82) is 0 Å². The fourth-order valence-corrected chi connectivity index (χ4v) is 2.92. The fourth-order valence-electron chi connectivity index (χ4n) is 1.93. The topological polar surface area (TPSA) is 40.5 Å². The van der Waals surface area contributed by atoms with E-state index in [2.05, 4.69) is 6.92 Å². The number of aliphatic hydroxyl groups is 1. The van der Waals surface area contributed by atoms with Crippen molar-refractivity contribution in [2.45, 2.75) is 45.1 Å². The number of piperidine rings is 1. The van der Waals surface area contributed by atoms with Crippen LogP contribution in [0, 0.1) is 0 Å². The number of β-amino-alcohol motifs (C(OH)–C–C–N with tert-alkyl or cyclic N) is 1. The smallest absolute Gasteiger partial charge is 0.232 e. The Morgan fingerprint density at radius 3 is 2.94 bits per heavy atom. The Balaban J connectivity index is 2.25. The summed E-state index contributed by atoms with van der Waals surface area (Å²) < 4.78 is 0. The molecular formula is C12H23NO2S. The van der Waals surface area contributed by atoms with E-state index in [-0.39, 0.29) is 5.91 Å². The predicted octanol–water partition coefficient (Wildman–Crippen LogP) is 1.89.